The SMILES string of the molecule is CC(=O)N1CCN(c2cc(-c3ccccc3)nc(N3CCOCC3)n2)CC1. The standard InChI is InChI=1S/C20H25N5O2/c1-16(26)23-7-9-24(10-8-23)19-15-18(17-5-3-2-4-6-17)21-20(22-19)25-11-13-27-14-12-25/h2-6,15H,7-14H2,1H3. The Morgan fingerprint density at radius 1 is 0.926 bits per heavy atom. The van der Waals surface area contributed by atoms with E-state index in [0.29, 0.717) is 13.2 Å². The molecule has 27 heavy (non-hydrogen) atoms. The zero-order chi connectivity index (χ0) is 18.6. The molecule has 2 aliphatic heterocycles. The number of anilines is 2. The highest BCUT2D eigenvalue weighted by Gasteiger charge is 2.22. The highest BCUT2D eigenvalue weighted by Crippen LogP contribution is 2.26. The van der Waals surface area contributed by atoms with Crippen LogP contribution in [0.3, 0.4) is 0 Å². The van der Waals surface area contributed by atoms with Crippen LogP contribution in [0.1, 0.15) is 6.92 Å². The Morgan fingerprint density at radius 3 is 2.30 bits per heavy atom. The third kappa shape index (κ3) is 4.03. The van der Waals surface area contributed by atoms with Gasteiger partial charge in [0.2, 0.25) is 11.9 Å². The van der Waals surface area contributed by atoms with Gasteiger partial charge in [-0.1, -0.05) is 30.3 Å². The first-order chi connectivity index (χ1) is 13.2. The summed E-state index contributed by atoms with van der Waals surface area (Å²) >= 11 is 0. The van der Waals surface area contributed by atoms with Crippen molar-refractivity contribution in [2.24, 2.45) is 0 Å². The predicted octanol–water partition coefficient (Wildman–Crippen LogP) is 1.65. The third-order valence-corrected chi connectivity index (χ3v) is 5.11. The molecule has 0 spiro atoms. The van der Waals surface area contributed by atoms with Gasteiger partial charge in [-0.05, 0) is 0 Å². The first kappa shape index (κ1) is 17.7. The van der Waals surface area contributed by atoms with Gasteiger partial charge in [0, 0.05) is 57.8 Å². The van der Waals surface area contributed by atoms with Gasteiger partial charge in [-0.3, -0.25) is 4.79 Å². The summed E-state index contributed by atoms with van der Waals surface area (Å²) in [6.07, 6.45) is 0. The summed E-state index contributed by atoms with van der Waals surface area (Å²) in [6, 6.07) is 12.3. The van der Waals surface area contributed by atoms with Crippen LogP contribution in [-0.2, 0) is 9.53 Å². The molecule has 2 aromatic rings. The molecule has 0 aliphatic carbocycles. The van der Waals surface area contributed by atoms with E-state index >= 15 is 0 Å². The minimum atomic E-state index is 0.135. The Balaban J connectivity index is 1.65. The van der Waals surface area contributed by atoms with Crippen LogP contribution in [0.5, 0.6) is 0 Å². The van der Waals surface area contributed by atoms with Crippen LogP contribution in [0.2, 0.25) is 0 Å². The van der Waals surface area contributed by atoms with Gasteiger partial charge in [-0.15, -0.1) is 0 Å². The molecule has 0 bridgehead atoms. The summed E-state index contributed by atoms with van der Waals surface area (Å²) in [4.78, 5) is 27.6. The average Bonchev–Trinajstić information content (AvgIpc) is 2.75. The highest BCUT2D eigenvalue weighted by atomic mass is 16.5. The maximum absolute atomic E-state index is 11.6. The van der Waals surface area contributed by atoms with Crippen molar-refractivity contribution in [3.8, 4) is 11.3 Å². The van der Waals surface area contributed by atoms with Gasteiger partial charge in [0.15, 0.2) is 0 Å². The first-order valence-electron chi connectivity index (χ1n) is 9.48. The zero-order valence-corrected chi connectivity index (χ0v) is 15.7. The van der Waals surface area contributed by atoms with Crippen LogP contribution in [0.25, 0.3) is 11.3 Å². The Morgan fingerprint density at radius 2 is 1.63 bits per heavy atom. The number of aromatic nitrogens is 2. The van der Waals surface area contributed by atoms with Crippen LogP contribution < -0.4 is 9.80 Å². The topological polar surface area (TPSA) is 61.8 Å². The molecule has 142 valence electrons. The number of amides is 1. The lowest BCUT2D eigenvalue weighted by Gasteiger charge is -2.35. The highest BCUT2D eigenvalue weighted by molar-refractivity contribution is 5.73. The fourth-order valence-electron chi connectivity index (χ4n) is 3.50. The van der Waals surface area contributed by atoms with Crippen molar-refractivity contribution in [2.45, 2.75) is 6.92 Å². The van der Waals surface area contributed by atoms with Gasteiger partial charge < -0.3 is 19.4 Å². The number of carbonyl (C=O) groups excluding carboxylic acids is 1. The molecular weight excluding hydrogens is 342 g/mol. The van der Waals surface area contributed by atoms with E-state index in [4.69, 9.17) is 14.7 Å². The predicted molar refractivity (Wildman–Crippen MR) is 105 cm³/mol. The van der Waals surface area contributed by atoms with E-state index in [1.54, 1.807) is 6.92 Å². The van der Waals surface area contributed by atoms with Crippen LogP contribution >= 0.6 is 0 Å². The fourth-order valence-corrected chi connectivity index (χ4v) is 3.50. The number of hydrogen-bond donors (Lipinski definition) is 0. The van der Waals surface area contributed by atoms with Crippen molar-refractivity contribution in [3.63, 3.8) is 0 Å². The Labute approximate surface area is 159 Å². The molecule has 0 atom stereocenters. The van der Waals surface area contributed by atoms with E-state index in [1.807, 2.05) is 23.1 Å². The van der Waals surface area contributed by atoms with E-state index in [2.05, 4.69) is 28.0 Å². The van der Waals surface area contributed by atoms with Crippen molar-refractivity contribution in [3.05, 3.63) is 36.4 Å². The van der Waals surface area contributed by atoms with Gasteiger partial charge in [0.05, 0.1) is 18.9 Å². The number of carbonyl (C=O) groups is 1. The van der Waals surface area contributed by atoms with Crippen molar-refractivity contribution in [2.75, 3.05) is 62.3 Å². The average molecular weight is 367 g/mol. The van der Waals surface area contributed by atoms with Crippen molar-refractivity contribution >= 4 is 17.7 Å². The molecule has 4 rings (SSSR count). The van der Waals surface area contributed by atoms with Gasteiger partial charge in [0.1, 0.15) is 5.82 Å². The molecule has 2 aliphatic rings. The van der Waals surface area contributed by atoms with Crippen molar-refractivity contribution in [1.82, 2.24) is 14.9 Å². The summed E-state index contributed by atoms with van der Waals surface area (Å²) in [5.74, 6) is 1.81. The summed E-state index contributed by atoms with van der Waals surface area (Å²) in [6.45, 7) is 7.66. The lowest BCUT2D eigenvalue weighted by molar-refractivity contribution is -0.129. The lowest BCUT2D eigenvalue weighted by atomic mass is 10.1. The molecule has 2 fully saturated rings. The maximum Gasteiger partial charge on any atom is 0.228 e. The van der Waals surface area contributed by atoms with E-state index in [-0.39, 0.29) is 5.91 Å². The summed E-state index contributed by atoms with van der Waals surface area (Å²) in [5.41, 5.74) is 2.01. The Kier molecular flexibility index (Phi) is 5.20. The molecule has 1 amide bonds. The van der Waals surface area contributed by atoms with Crippen LogP contribution in [0, 0.1) is 0 Å². The normalized spacial score (nSPS) is 17.9. The molecule has 7 nitrogen and oxygen atoms in total. The number of morpholine rings is 1. The molecule has 2 saturated heterocycles. The van der Waals surface area contributed by atoms with Crippen LogP contribution in [0.4, 0.5) is 11.8 Å². The fraction of sp³-hybridized carbons (Fsp3) is 0.450. The second-order valence-electron chi connectivity index (χ2n) is 6.87. The maximum atomic E-state index is 11.6. The minimum Gasteiger partial charge on any atom is -0.378 e. The number of nitrogens with zero attached hydrogens (tertiary/aromatic N) is 5. The Hall–Kier alpha value is -2.67. The van der Waals surface area contributed by atoms with Gasteiger partial charge in [-0.2, -0.15) is 4.98 Å². The zero-order valence-electron chi connectivity index (χ0n) is 15.7. The number of ether oxygens (including phenoxy) is 1. The molecule has 0 N–H and O–H groups in total. The van der Waals surface area contributed by atoms with Crippen molar-refractivity contribution < 1.29 is 9.53 Å². The Bertz CT molecular complexity index is 784. The number of hydrogen-bond acceptors (Lipinski definition) is 6. The molecule has 7 heteroatoms. The summed E-state index contributed by atoms with van der Waals surface area (Å²) < 4.78 is 5.47. The van der Waals surface area contributed by atoms with Gasteiger partial charge in [0.25, 0.3) is 0 Å². The van der Waals surface area contributed by atoms with Gasteiger partial charge >= 0.3 is 0 Å². The second-order valence-corrected chi connectivity index (χ2v) is 6.87. The molecule has 0 saturated carbocycles. The van der Waals surface area contributed by atoms with E-state index in [9.17, 15) is 4.79 Å². The van der Waals surface area contributed by atoms with Crippen LogP contribution in [0.15, 0.2) is 36.4 Å². The molecule has 1 aromatic heterocycles. The second kappa shape index (κ2) is 7.92. The number of benzene rings is 1. The molecule has 3 heterocycles. The lowest BCUT2D eigenvalue weighted by Crippen LogP contribution is -2.48. The number of rotatable bonds is 3. The van der Waals surface area contributed by atoms with Crippen molar-refractivity contribution in [1.29, 1.82) is 0 Å². The number of piperazine rings is 1. The monoisotopic (exact) mass is 367 g/mol. The molecule has 1 aromatic carbocycles. The van der Waals surface area contributed by atoms with E-state index in [1.165, 1.54) is 0 Å². The minimum absolute atomic E-state index is 0.135. The van der Waals surface area contributed by atoms with E-state index in [0.717, 1.165) is 62.3 Å². The smallest absolute Gasteiger partial charge is 0.228 e. The molecular formula is C20H25N5O2. The van der Waals surface area contributed by atoms with Crippen LogP contribution in [-0.4, -0.2) is 73.3 Å². The quantitative estimate of drug-likeness (QED) is 0.822. The summed E-state index contributed by atoms with van der Waals surface area (Å²) in [5, 5.41) is 0. The summed E-state index contributed by atoms with van der Waals surface area (Å²) in [7, 11) is 0. The molecule has 0 unspecified atom stereocenters. The molecule has 0 radical (unpaired) electrons. The largest absolute Gasteiger partial charge is 0.378 e. The third-order valence-electron chi connectivity index (χ3n) is 5.11. The first-order valence-corrected chi connectivity index (χ1v) is 9.48. The van der Waals surface area contributed by atoms with Gasteiger partial charge in [-0.25, -0.2) is 4.98 Å². The van der Waals surface area contributed by atoms with E-state index < -0.39 is 0 Å².